The summed E-state index contributed by atoms with van der Waals surface area (Å²) in [5, 5.41) is 12.1. The molecule has 0 aromatic heterocycles. The van der Waals surface area contributed by atoms with Gasteiger partial charge in [0.1, 0.15) is 6.04 Å². The summed E-state index contributed by atoms with van der Waals surface area (Å²) in [6, 6.07) is -0.610. The highest BCUT2D eigenvalue weighted by Gasteiger charge is 2.35. The van der Waals surface area contributed by atoms with Gasteiger partial charge in [0.25, 0.3) is 0 Å². The third-order valence-corrected chi connectivity index (χ3v) is 4.06. The molecule has 1 saturated heterocycles. The molecular weight excluding hydrogens is 232 g/mol. The van der Waals surface area contributed by atoms with Crippen molar-refractivity contribution < 1.29 is 14.7 Å². The predicted molar refractivity (Wildman–Crippen MR) is 67.3 cm³/mol. The van der Waals surface area contributed by atoms with Crippen molar-refractivity contribution in [2.75, 3.05) is 6.54 Å². The number of carbonyl (C=O) groups is 2. The Labute approximate surface area is 108 Å². The van der Waals surface area contributed by atoms with Crippen molar-refractivity contribution in [2.24, 2.45) is 5.92 Å². The summed E-state index contributed by atoms with van der Waals surface area (Å²) >= 11 is 0. The molecule has 1 aliphatic carbocycles. The van der Waals surface area contributed by atoms with Gasteiger partial charge < -0.3 is 15.3 Å². The van der Waals surface area contributed by atoms with Crippen LogP contribution in [0.1, 0.15) is 45.4 Å². The minimum Gasteiger partial charge on any atom is -0.480 e. The van der Waals surface area contributed by atoms with Crippen LogP contribution in [0.5, 0.6) is 0 Å². The fourth-order valence-corrected chi connectivity index (χ4v) is 3.09. The minimum atomic E-state index is -0.889. The van der Waals surface area contributed by atoms with Crippen molar-refractivity contribution in [1.82, 2.24) is 10.2 Å². The first-order valence-corrected chi connectivity index (χ1v) is 6.88. The number of hydrogen-bond acceptors (Lipinski definition) is 2. The van der Waals surface area contributed by atoms with Crippen molar-refractivity contribution in [3.63, 3.8) is 0 Å². The zero-order chi connectivity index (χ0) is 13.1. The van der Waals surface area contributed by atoms with E-state index in [1.807, 2.05) is 0 Å². The van der Waals surface area contributed by atoms with Crippen LogP contribution in [0.3, 0.4) is 0 Å². The number of urea groups is 1. The quantitative estimate of drug-likeness (QED) is 0.789. The molecule has 1 heterocycles. The maximum Gasteiger partial charge on any atom is 0.326 e. The third kappa shape index (κ3) is 2.94. The lowest BCUT2D eigenvalue weighted by molar-refractivity contribution is -0.141. The molecule has 0 radical (unpaired) electrons. The number of carbonyl (C=O) groups excluding carboxylic acids is 1. The van der Waals surface area contributed by atoms with Gasteiger partial charge in [-0.3, -0.25) is 0 Å². The monoisotopic (exact) mass is 254 g/mol. The molecule has 3 unspecified atom stereocenters. The first kappa shape index (κ1) is 13.2. The van der Waals surface area contributed by atoms with Crippen molar-refractivity contribution in [2.45, 2.75) is 57.5 Å². The summed E-state index contributed by atoms with van der Waals surface area (Å²) in [5.41, 5.74) is 0. The molecule has 0 aromatic rings. The van der Waals surface area contributed by atoms with Gasteiger partial charge in [-0.25, -0.2) is 9.59 Å². The van der Waals surface area contributed by atoms with E-state index in [0.29, 0.717) is 18.9 Å². The number of nitrogens with one attached hydrogen (secondary N) is 1. The second kappa shape index (κ2) is 5.59. The molecule has 3 atom stereocenters. The second-order valence-electron chi connectivity index (χ2n) is 5.61. The van der Waals surface area contributed by atoms with Crippen LogP contribution in [0.25, 0.3) is 0 Å². The topological polar surface area (TPSA) is 69.6 Å². The Morgan fingerprint density at radius 3 is 2.67 bits per heavy atom. The van der Waals surface area contributed by atoms with Crippen LogP contribution in [0.15, 0.2) is 0 Å². The van der Waals surface area contributed by atoms with E-state index in [2.05, 4.69) is 12.2 Å². The Morgan fingerprint density at radius 1 is 1.22 bits per heavy atom. The SMILES string of the molecule is CC1CCCC(NC(=O)N2CCCC2C(=O)O)C1. The smallest absolute Gasteiger partial charge is 0.326 e. The highest BCUT2D eigenvalue weighted by Crippen LogP contribution is 2.24. The first-order valence-electron chi connectivity index (χ1n) is 6.88. The summed E-state index contributed by atoms with van der Waals surface area (Å²) in [6.07, 6.45) is 5.76. The molecule has 102 valence electrons. The van der Waals surface area contributed by atoms with E-state index >= 15 is 0 Å². The Morgan fingerprint density at radius 2 is 2.00 bits per heavy atom. The van der Waals surface area contributed by atoms with Crippen LogP contribution < -0.4 is 5.32 Å². The van der Waals surface area contributed by atoms with Crippen LogP contribution in [0.4, 0.5) is 4.79 Å². The molecule has 0 spiro atoms. The van der Waals surface area contributed by atoms with Gasteiger partial charge in [0.15, 0.2) is 0 Å². The second-order valence-corrected chi connectivity index (χ2v) is 5.61. The maximum atomic E-state index is 12.1. The number of carboxylic acids is 1. The molecule has 2 amide bonds. The average molecular weight is 254 g/mol. The molecule has 1 aliphatic heterocycles. The number of amides is 2. The van der Waals surface area contributed by atoms with Gasteiger partial charge in [-0.2, -0.15) is 0 Å². The third-order valence-electron chi connectivity index (χ3n) is 4.06. The predicted octanol–water partition coefficient (Wildman–Crippen LogP) is 1.82. The highest BCUT2D eigenvalue weighted by atomic mass is 16.4. The molecule has 2 rings (SSSR count). The van der Waals surface area contributed by atoms with Crippen LogP contribution >= 0.6 is 0 Å². The van der Waals surface area contributed by atoms with E-state index in [4.69, 9.17) is 5.11 Å². The maximum absolute atomic E-state index is 12.1. The van der Waals surface area contributed by atoms with E-state index in [1.165, 1.54) is 11.3 Å². The number of aliphatic carboxylic acids is 1. The van der Waals surface area contributed by atoms with Crippen LogP contribution in [-0.4, -0.2) is 40.6 Å². The molecule has 2 aliphatic rings. The summed E-state index contributed by atoms with van der Waals surface area (Å²) < 4.78 is 0. The fraction of sp³-hybridized carbons (Fsp3) is 0.846. The van der Waals surface area contributed by atoms with Gasteiger partial charge in [-0.1, -0.05) is 19.8 Å². The number of rotatable bonds is 2. The molecule has 5 nitrogen and oxygen atoms in total. The average Bonchev–Trinajstić information content (AvgIpc) is 2.77. The number of carboxylic acid groups (broad SMARTS) is 1. The molecule has 0 bridgehead atoms. The zero-order valence-corrected chi connectivity index (χ0v) is 10.9. The minimum absolute atomic E-state index is 0.195. The fourth-order valence-electron chi connectivity index (χ4n) is 3.09. The van der Waals surface area contributed by atoms with Crippen molar-refractivity contribution in [3.8, 4) is 0 Å². The Kier molecular flexibility index (Phi) is 4.09. The number of hydrogen-bond donors (Lipinski definition) is 2. The Bertz CT molecular complexity index is 332. The largest absolute Gasteiger partial charge is 0.480 e. The van der Waals surface area contributed by atoms with E-state index in [0.717, 1.165) is 25.7 Å². The summed E-state index contributed by atoms with van der Waals surface area (Å²) in [6.45, 7) is 2.76. The Hall–Kier alpha value is -1.26. The summed E-state index contributed by atoms with van der Waals surface area (Å²) in [4.78, 5) is 24.6. The molecule has 2 fully saturated rings. The number of nitrogens with zero attached hydrogens (tertiary/aromatic N) is 1. The molecular formula is C13H22N2O3. The van der Waals surface area contributed by atoms with Crippen molar-refractivity contribution in [3.05, 3.63) is 0 Å². The normalized spacial score (nSPS) is 32.3. The van der Waals surface area contributed by atoms with Gasteiger partial charge in [0, 0.05) is 12.6 Å². The lowest BCUT2D eigenvalue weighted by Crippen LogP contribution is -2.49. The lowest BCUT2D eigenvalue weighted by Gasteiger charge is -2.30. The lowest BCUT2D eigenvalue weighted by atomic mass is 9.87. The molecule has 1 saturated carbocycles. The van der Waals surface area contributed by atoms with Crippen molar-refractivity contribution in [1.29, 1.82) is 0 Å². The van der Waals surface area contributed by atoms with Gasteiger partial charge >= 0.3 is 12.0 Å². The zero-order valence-electron chi connectivity index (χ0n) is 10.9. The number of likely N-dealkylation sites (tertiary alicyclic amines) is 1. The summed E-state index contributed by atoms with van der Waals surface area (Å²) in [7, 11) is 0. The van der Waals surface area contributed by atoms with E-state index in [1.54, 1.807) is 0 Å². The van der Waals surface area contributed by atoms with Crippen molar-refractivity contribution >= 4 is 12.0 Å². The molecule has 18 heavy (non-hydrogen) atoms. The van der Waals surface area contributed by atoms with Gasteiger partial charge in [0.05, 0.1) is 0 Å². The standard InChI is InChI=1S/C13H22N2O3/c1-9-4-2-5-10(8-9)14-13(18)15-7-3-6-11(15)12(16)17/h9-11H,2-8H2,1H3,(H,14,18)(H,16,17). The molecule has 0 aromatic carbocycles. The molecule has 5 heteroatoms. The summed E-state index contributed by atoms with van der Waals surface area (Å²) in [5.74, 6) is -0.238. The Balaban J connectivity index is 1.89. The van der Waals surface area contributed by atoms with Gasteiger partial charge in [-0.15, -0.1) is 0 Å². The van der Waals surface area contributed by atoms with Gasteiger partial charge in [0.2, 0.25) is 0 Å². The molecule has 2 N–H and O–H groups in total. The van der Waals surface area contributed by atoms with E-state index < -0.39 is 12.0 Å². The van der Waals surface area contributed by atoms with Gasteiger partial charge in [-0.05, 0) is 31.6 Å². The first-order chi connectivity index (χ1) is 8.58. The van der Waals surface area contributed by atoms with Crippen LogP contribution in [0, 0.1) is 5.92 Å². The van der Waals surface area contributed by atoms with E-state index in [9.17, 15) is 9.59 Å². The van der Waals surface area contributed by atoms with Crippen LogP contribution in [-0.2, 0) is 4.79 Å². The van der Waals surface area contributed by atoms with E-state index in [-0.39, 0.29) is 12.1 Å². The van der Waals surface area contributed by atoms with Crippen LogP contribution in [0.2, 0.25) is 0 Å². The highest BCUT2D eigenvalue weighted by molar-refractivity contribution is 5.83.